The number of benzene rings is 1. The fourth-order valence-corrected chi connectivity index (χ4v) is 2.84. The molecule has 0 spiro atoms. The van der Waals surface area contributed by atoms with Gasteiger partial charge < -0.3 is 5.32 Å². The van der Waals surface area contributed by atoms with Crippen LogP contribution in [0.3, 0.4) is 0 Å². The van der Waals surface area contributed by atoms with Crippen LogP contribution in [0.4, 0.5) is 5.69 Å². The molecule has 0 aliphatic heterocycles. The fraction of sp³-hybridized carbons (Fsp3) is 0.357. The second kappa shape index (κ2) is 6.39. The molecule has 4 heteroatoms. The molecule has 1 amide bonds. The quantitative estimate of drug-likeness (QED) is 0.783. The maximum Gasteiger partial charge on any atom is 0.228 e. The lowest BCUT2D eigenvalue weighted by Crippen LogP contribution is -2.13. The predicted octanol–water partition coefficient (Wildman–Crippen LogP) is 4.93. The molecule has 1 N–H and O–H groups in total. The molecular weight excluding hydrogens is 314 g/mol. The molecule has 0 saturated carbocycles. The first-order valence-electron chi connectivity index (χ1n) is 6.08. The van der Waals surface area contributed by atoms with Gasteiger partial charge in [0.05, 0.1) is 5.69 Å². The topological polar surface area (TPSA) is 29.1 Å². The van der Waals surface area contributed by atoms with Crippen LogP contribution in [0.5, 0.6) is 0 Å². The van der Waals surface area contributed by atoms with Gasteiger partial charge >= 0.3 is 0 Å². The van der Waals surface area contributed by atoms with E-state index in [1.165, 1.54) is 18.4 Å². The second-order valence-corrected chi connectivity index (χ2v) is 5.75. The molecule has 0 aromatic heterocycles. The summed E-state index contributed by atoms with van der Waals surface area (Å²) in [5.74, 6) is 0.0335. The molecule has 0 atom stereocenters. The number of amides is 1. The van der Waals surface area contributed by atoms with Gasteiger partial charge in [0.15, 0.2) is 0 Å². The molecule has 0 fully saturated rings. The maximum atomic E-state index is 11.9. The van der Waals surface area contributed by atoms with Gasteiger partial charge in [0, 0.05) is 15.9 Å². The zero-order chi connectivity index (χ0) is 13.0. The van der Waals surface area contributed by atoms with E-state index in [0.29, 0.717) is 11.4 Å². The smallest absolute Gasteiger partial charge is 0.228 e. The average Bonchev–Trinajstić information content (AvgIpc) is 2.34. The Morgan fingerprint density at radius 2 is 2.22 bits per heavy atom. The average molecular weight is 329 g/mol. The summed E-state index contributed by atoms with van der Waals surface area (Å²) in [6.45, 7) is 0. The first kappa shape index (κ1) is 13.6. The van der Waals surface area contributed by atoms with Crippen LogP contribution in [0.2, 0.25) is 5.02 Å². The third kappa shape index (κ3) is 3.85. The molecule has 0 heterocycles. The third-order valence-corrected chi connectivity index (χ3v) is 3.87. The fourth-order valence-electron chi connectivity index (χ4n) is 2.06. The maximum absolute atomic E-state index is 11.9. The molecule has 18 heavy (non-hydrogen) atoms. The minimum atomic E-state index is 0.0335. The molecule has 0 saturated heterocycles. The Bertz CT molecular complexity index is 485. The van der Waals surface area contributed by atoms with E-state index < -0.39 is 0 Å². The minimum absolute atomic E-state index is 0.0335. The van der Waals surface area contributed by atoms with E-state index in [0.717, 1.165) is 23.0 Å². The molecule has 1 aliphatic carbocycles. The van der Waals surface area contributed by atoms with E-state index in [9.17, 15) is 4.79 Å². The normalized spacial score (nSPS) is 15.1. The highest BCUT2D eigenvalue weighted by molar-refractivity contribution is 9.10. The van der Waals surface area contributed by atoms with Crippen LogP contribution in [-0.4, -0.2) is 5.91 Å². The Morgan fingerprint density at radius 1 is 1.39 bits per heavy atom. The Morgan fingerprint density at radius 3 is 2.89 bits per heavy atom. The molecule has 2 rings (SSSR count). The molecule has 2 nitrogen and oxygen atoms in total. The molecule has 0 unspecified atom stereocenters. The standard InChI is InChI=1S/C14H15BrClNO/c15-12-9-11(16)6-7-13(12)17-14(18)8-10-4-2-1-3-5-10/h4,6-7,9H,1-3,5,8H2,(H,17,18). The molecule has 1 aromatic carbocycles. The summed E-state index contributed by atoms with van der Waals surface area (Å²) in [6, 6.07) is 5.35. The van der Waals surface area contributed by atoms with Gasteiger partial charge in [0.25, 0.3) is 0 Å². The molecule has 96 valence electrons. The van der Waals surface area contributed by atoms with Crippen LogP contribution in [0.1, 0.15) is 32.1 Å². The summed E-state index contributed by atoms with van der Waals surface area (Å²) in [6.07, 6.45) is 7.29. The van der Waals surface area contributed by atoms with Gasteiger partial charge in [-0.25, -0.2) is 0 Å². The summed E-state index contributed by atoms with van der Waals surface area (Å²) in [5, 5.41) is 3.55. The molecule has 0 radical (unpaired) electrons. The van der Waals surface area contributed by atoms with Crippen molar-refractivity contribution >= 4 is 39.1 Å². The van der Waals surface area contributed by atoms with Crippen molar-refractivity contribution in [2.75, 3.05) is 5.32 Å². The number of rotatable bonds is 3. The first-order valence-corrected chi connectivity index (χ1v) is 7.25. The Hall–Kier alpha value is -0.800. The Labute approximate surface area is 121 Å². The zero-order valence-electron chi connectivity index (χ0n) is 10.0. The number of hydrogen-bond acceptors (Lipinski definition) is 1. The number of hydrogen-bond donors (Lipinski definition) is 1. The largest absolute Gasteiger partial charge is 0.325 e. The van der Waals surface area contributed by atoms with E-state index in [1.807, 2.05) is 0 Å². The summed E-state index contributed by atoms with van der Waals surface area (Å²) < 4.78 is 0.806. The summed E-state index contributed by atoms with van der Waals surface area (Å²) in [5.41, 5.74) is 2.02. The molecule has 1 aliphatic rings. The van der Waals surface area contributed by atoms with Gasteiger partial charge in [-0.1, -0.05) is 23.3 Å². The molecule has 1 aromatic rings. The van der Waals surface area contributed by atoms with Crippen molar-refractivity contribution in [3.63, 3.8) is 0 Å². The van der Waals surface area contributed by atoms with Gasteiger partial charge in [-0.3, -0.25) is 4.79 Å². The number of allylic oxidation sites excluding steroid dienone is 1. The van der Waals surface area contributed by atoms with Gasteiger partial charge in [-0.15, -0.1) is 0 Å². The van der Waals surface area contributed by atoms with E-state index >= 15 is 0 Å². The monoisotopic (exact) mass is 327 g/mol. The highest BCUT2D eigenvalue weighted by Crippen LogP contribution is 2.27. The van der Waals surface area contributed by atoms with Crippen molar-refractivity contribution in [2.45, 2.75) is 32.1 Å². The van der Waals surface area contributed by atoms with Crippen molar-refractivity contribution in [2.24, 2.45) is 0 Å². The van der Waals surface area contributed by atoms with Gasteiger partial charge in [0.1, 0.15) is 0 Å². The molecular formula is C14H15BrClNO. The van der Waals surface area contributed by atoms with Crippen LogP contribution in [-0.2, 0) is 4.79 Å². The third-order valence-electron chi connectivity index (χ3n) is 2.98. The van der Waals surface area contributed by atoms with Crippen molar-refractivity contribution in [1.82, 2.24) is 0 Å². The van der Waals surface area contributed by atoms with E-state index in [1.54, 1.807) is 18.2 Å². The Balaban J connectivity index is 1.96. The number of carbonyl (C=O) groups excluding carboxylic acids is 1. The number of anilines is 1. The van der Waals surface area contributed by atoms with Crippen molar-refractivity contribution in [3.8, 4) is 0 Å². The van der Waals surface area contributed by atoms with Crippen LogP contribution in [0.25, 0.3) is 0 Å². The highest BCUT2D eigenvalue weighted by atomic mass is 79.9. The van der Waals surface area contributed by atoms with Crippen LogP contribution in [0.15, 0.2) is 34.3 Å². The molecule has 0 bridgehead atoms. The van der Waals surface area contributed by atoms with E-state index in [4.69, 9.17) is 11.6 Å². The van der Waals surface area contributed by atoms with Crippen LogP contribution >= 0.6 is 27.5 Å². The highest BCUT2D eigenvalue weighted by Gasteiger charge is 2.10. The second-order valence-electron chi connectivity index (χ2n) is 4.46. The zero-order valence-corrected chi connectivity index (χ0v) is 12.4. The van der Waals surface area contributed by atoms with Crippen molar-refractivity contribution in [3.05, 3.63) is 39.3 Å². The number of nitrogens with one attached hydrogen (secondary N) is 1. The summed E-state index contributed by atoms with van der Waals surface area (Å²) >= 11 is 9.24. The summed E-state index contributed by atoms with van der Waals surface area (Å²) in [4.78, 5) is 11.9. The number of carbonyl (C=O) groups is 1. The summed E-state index contributed by atoms with van der Waals surface area (Å²) in [7, 11) is 0. The lowest BCUT2D eigenvalue weighted by atomic mass is 9.97. The van der Waals surface area contributed by atoms with E-state index in [-0.39, 0.29) is 5.91 Å². The van der Waals surface area contributed by atoms with Gasteiger partial charge in [-0.05, 0) is 59.8 Å². The Kier molecular flexibility index (Phi) is 4.84. The number of halogens is 2. The minimum Gasteiger partial charge on any atom is -0.325 e. The van der Waals surface area contributed by atoms with Crippen molar-refractivity contribution in [1.29, 1.82) is 0 Å². The van der Waals surface area contributed by atoms with Gasteiger partial charge in [0.2, 0.25) is 5.91 Å². The van der Waals surface area contributed by atoms with Gasteiger partial charge in [-0.2, -0.15) is 0 Å². The lowest BCUT2D eigenvalue weighted by molar-refractivity contribution is -0.115. The van der Waals surface area contributed by atoms with Crippen molar-refractivity contribution < 1.29 is 4.79 Å². The van der Waals surface area contributed by atoms with E-state index in [2.05, 4.69) is 27.3 Å². The van der Waals surface area contributed by atoms with Crippen LogP contribution < -0.4 is 5.32 Å². The van der Waals surface area contributed by atoms with Crippen LogP contribution in [0, 0.1) is 0 Å². The SMILES string of the molecule is O=C(CC1=CCCCC1)Nc1ccc(Cl)cc1Br. The predicted molar refractivity (Wildman–Crippen MR) is 78.9 cm³/mol. The lowest BCUT2D eigenvalue weighted by Gasteiger charge is -2.13. The first-order chi connectivity index (χ1) is 8.65.